The first-order chi connectivity index (χ1) is 14.3. The second-order valence-corrected chi connectivity index (χ2v) is 8.28. The van der Waals surface area contributed by atoms with Crippen molar-refractivity contribution >= 4 is 22.1 Å². The maximum absolute atomic E-state index is 12.0. The third-order valence-electron chi connectivity index (χ3n) is 4.22. The second kappa shape index (κ2) is 9.51. The molecule has 0 radical (unpaired) electrons. The van der Waals surface area contributed by atoms with Gasteiger partial charge >= 0.3 is 5.97 Å². The minimum absolute atomic E-state index is 0.109. The summed E-state index contributed by atoms with van der Waals surface area (Å²) in [6, 6.07) is 16.7. The lowest BCUT2D eigenvalue weighted by Gasteiger charge is -2.04. The molecule has 1 heterocycles. The van der Waals surface area contributed by atoms with Gasteiger partial charge in [0, 0.05) is 11.0 Å². The molecule has 0 bridgehead atoms. The van der Waals surface area contributed by atoms with Gasteiger partial charge in [0.25, 0.3) is 0 Å². The van der Waals surface area contributed by atoms with Crippen LogP contribution in [0, 0.1) is 13.8 Å². The molecule has 0 aliphatic heterocycles. The number of nitrogens with one attached hydrogen (secondary N) is 1. The van der Waals surface area contributed by atoms with E-state index in [1.165, 1.54) is 6.08 Å². The van der Waals surface area contributed by atoms with Crippen molar-refractivity contribution in [1.29, 1.82) is 0 Å². The minimum Gasteiger partial charge on any atom is -0.458 e. The van der Waals surface area contributed by atoms with Gasteiger partial charge in [-0.2, -0.15) is 0 Å². The van der Waals surface area contributed by atoms with E-state index in [1.54, 1.807) is 19.1 Å². The molecule has 1 N–H and O–H groups in total. The summed E-state index contributed by atoms with van der Waals surface area (Å²) in [7, 11) is -3.77. The number of rotatable bonds is 8. The fourth-order valence-corrected chi connectivity index (χ4v) is 3.27. The van der Waals surface area contributed by atoms with Crippen molar-refractivity contribution < 1.29 is 22.4 Å². The lowest BCUT2D eigenvalue weighted by Crippen LogP contribution is -2.29. The monoisotopic (exact) mass is 426 g/mol. The van der Waals surface area contributed by atoms with Crippen LogP contribution in [0.4, 0.5) is 0 Å². The lowest BCUT2D eigenvalue weighted by atomic mass is 10.2. The molecule has 3 rings (SSSR count). The number of carbonyl (C=O) groups excluding carboxylic acids is 1. The van der Waals surface area contributed by atoms with Gasteiger partial charge in [0.15, 0.2) is 0 Å². The third kappa shape index (κ3) is 6.13. The van der Waals surface area contributed by atoms with Crippen LogP contribution >= 0.6 is 0 Å². The molecular weight excluding hydrogens is 404 g/mol. The quantitative estimate of drug-likeness (QED) is 0.553. The van der Waals surface area contributed by atoms with Crippen molar-refractivity contribution in [3.8, 4) is 11.5 Å². The Labute approximate surface area is 175 Å². The topological polar surface area (TPSA) is 98.5 Å². The Bertz CT molecular complexity index is 1130. The molecule has 0 aliphatic carbocycles. The average molecular weight is 426 g/mol. The van der Waals surface area contributed by atoms with Crippen molar-refractivity contribution in [2.75, 3.05) is 6.54 Å². The summed E-state index contributed by atoms with van der Waals surface area (Å²) < 4.78 is 37.0. The highest BCUT2D eigenvalue weighted by atomic mass is 32.2. The van der Waals surface area contributed by atoms with Crippen molar-refractivity contribution in [3.05, 3.63) is 82.6 Å². The maximum Gasteiger partial charge on any atom is 0.321 e. The number of aromatic nitrogens is 1. The van der Waals surface area contributed by atoms with Crippen LogP contribution in [-0.4, -0.2) is 25.9 Å². The molecule has 0 saturated heterocycles. The molecule has 30 heavy (non-hydrogen) atoms. The smallest absolute Gasteiger partial charge is 0.321 e. The van der Waals surface area contributed by atoms with Crippen LogP contribution in [0.2, 0.25) is 0 Å². The Morgan fingerprint density at radius 3 is 2.50 bits per heavy atom. The first-order valence-electron chi connectivity index (χ1n) is 9.24. The highest BCUT2D eigenvalue weighted by Crippen LogP contribution is 2.21. The maximum atomic E-state index is 12.0. The zero-order chi connectivity index (χ0) is 21.6. The molecule has 156 valence electrons. The summed E-state index contributed by atoms with van der Waals surface area (Å²) >= 11 is 0. The minimum atomic E-state index is -3.77. The number of aryl methyl sites for hydroxylation is 2. The molecule has 3 aromatic rings. The summed E-state index contributed by atoms with van der Waals surface area (Å²) in [5, 5.41) is 1.01. The van der Waals surface area contributed by atoms with Crippen LogP contribution < -0.4 is 4.72 Å². The van der Waals surface area contributed by atoms with E-state index in [4.69, 9.17) is 9.15 Å². The number of nitrogens with zero attached hydrogens (tertiary/aromatic N) is 1. The van der Waals surface area contributed by atoms with E-state index in [0.29, 0.717) is 17.3 Å². The molecule has 0 unspecified atom stereocenters. The summed E-state index contributed by atoms with van der Waals surface area (Å²) in [5.41, 5.74) is 3.11. The van der Waals surface area contributed by atoms with Crippen LogP contribution in [0.5, 0.6) is 0 Å². The Hall–Kier alpha value is -3.23. The number of ether oxygens (including phenoxy) is 1. The highest BCUT2D eigenvalue weighted by Gasteiger charge is 2.14. The van der Waals surface area contributed by atoms with E-state index >= 15 is 0 Å². The molecule has 2 aromatic carbocycles. The number of sulfonamides is 1. The standard InChI is InChI=1S/C22H22N2O5S/c1-16-8-10-18(11-9-16)12-13-30(26,27)23-14-21(25)28-15-20-17(2)29-22(24-20)19-6-4-3-5-7-19/h3-13,23H,14-15H2,1-2H3/b13-12+. The molecule has 8 heteroatoms. The second-order valence-electron chi connectivity index (χ2n) is 6.63. The number of oxazole rings is 1. The number of carbonyl (C=O) groups is 1. The largest absolute Gasteiger partial charge is 0.458 e. The molecule has 0 spiro atoms. The Balaban J connectivity index is 1.51. The molecule has 0 fully saturated rings. The van der Waals surface area contributed by atoms with Gasteiger partial charge in [-0.05, 0) is 37.6 Å². The van der Waals surface area contributed by atoms with Crippen LogP contribution in [0.25, 0.3) is 17.5 Å². The fraction of sp³-hybridized carbons (Fsp3) is 0.182. The van der Waals surface area contributed by atoms with Crippen molar-refractivity contribution in [2.24, 2.45) is 0 Å². The summed E-state index contributed by atoms with van der Waals surface area (Å²) in [6.07, 6.45) is 1.46. The zero-order valence-electron chi connectivity index (χ0n) is 16.7. The summed E-state index contributed by atoms with van der Waals surface area (Å²) in [5.74, 6) is 0.246. The molecular formula is C22H22N2O5S. The first-order valence-corrected chi connectivity index (χ1v) is 10.8. The van der Waals surface area contributed by atoms with Gasteiger partial charge < -0.3 is 9.15 Å². The van der Waals surface area contributed by atoms with Gasteiger partial charge in [-0.1, -0.05) is 48.0 Å². The van der Waals surface area contributed by atoms with Crippen molar-refractivity contribution in [3.63, 3.8) is 0 Å². The van der Waals surface area contributed by atoms with Crippen LogP contribution in [0.1, 0.15) is 22.6 Å². The van der Waals surface area contributed by atoms with Gasteiger partial charge in [0.2, 0.25) is 15.9 Å². The van der Waals surface area contributed by atoms with Crippen molar-refractivity contribution in [1.82, 2.24) is 9.71 Å². The highest BCUT2D eigenvalue weighted by molar-refractivity contribution is 7.92. The SMILES string of the molecule is Cc1ccc(/C=C/S(=O)(=O)NCC(=O)OCc2nc(-c3ccccc3)oc2C)cc1. The van der Waals surface area contributed by atoms with E-state index in [2.05, 4.69) is 9.71 Å². The molecule has 0 amide bonds. The molecule has 1 aromatic heterocycles. The predicted molar refractivity (Wildman–Crippen MR) is 114 cm³/mol. The summed E-state index contributed by atoms with van der Waals surface area (Å²) in [4.78, 5) is 16.3. The normalized spacial score (nSPS) is 11.7. The first kappa shape index (κ1) is 21.5. The lowest BCUT2D eigenvalue weighted by molar-refractivity contribution is -0.143. The number of esters is 1. The number of benzene rings is 2. The Morgan fingerprint density at radius 2 is 1.80 bits per heavy atom. The molecule has 0 saturated carbocycles. The molecule has 7 nitrogen and oxygen atoms in total. The fourth-order valence-electron chi connectivity index (χ4n) is 2.52. The van der Waals surface area contributed by atoms with Gasteiger partial charge in [0.05, 0.1) is 0 Å². The molecule has 0 aliphatic rings. The molecule has 0 atom stereocenters. The van der Waals surface area contributed by atoms with Gasteiger partial charge in [0.1, 0.15) is 24.6 Å². The Morgan fingerprint density at radius 1 is 1.10 bits per heavy atom. The van der Waals surface area contributed by atoms with Gasteiger partial charge in [-0.15, -0.1) is 0 Å². The van der Waals surface area contributed by atoms with Crippen LogP contribution in [0.15, 0.2) is 64.4 Å². The third-order valence-corrected chi connectivity index (χ3v) is 5.26. The zero-order valence-corrected chi connectivity index (χ0v) is 17.5. The van der Waals surface area contributed by atoms with E-state index in [0.717, 1.165) is 22.1 Å². The summed E-state index contributed by atoms with van der Waals surface area (Å²) in [6.45, 7) is 3.08. The van der Waals surface area contributed by atoms with Gasteiger partial charge in [-0.25, -0.2) is 18.1 Å². The number of hydrogen-bond donors (Lipinski definition) is 1. The van der Waals surface area contributed by atoms with Crippen LogP contribution in [0.3, 0.4) is 0 Å². The Kier molecular flexibility index (Phi) is 6.81. The predicted octanol–water partition coefficient (Wildman–Crippen LogP) is 3.59. The van der Waals surface area contributed by atoms with E-state index < -0.39 is 22.5 Å². The van der Waals surface area contributed by atoms with Gasteiger partial charge in [-0.3, -0.25) is 4.79 Å². The van der Waals surface area contributed by atoms with E-state index in [1.807, 2.05) is 49.4 Å². The van der Waals surface area contributed by atoms with Crippen molar-refractivity contribution in [2.45, 2.75) is 20.5 Å². The van der Waals surface area contributed by atoms with E-state index in [-0.39, 0.29) is 6.61 Å². The average Bonchev–Trinajstić information content (AvgIpc) is 3.12. The number of hydrogen-bond acceptors (Lipinski definition) is 6. The van der Waals surface area contributed by atoms with E-state index in [9.17, 15) is 13.2 Å². The van der Waals surface area contributed by atoms with Crippen LogP contribution in [-0.2, 0) is 26.2 Å².